The van der Waals surface area contributed by atoms with Crippen LogP contribution in [0.1, 0.15) is 16.2 Å². The fraction of sp³-hybridized carbons (Fsp3) is 0.0625. The second kappa shape index (κ2) is 6.67. The topological polar surface area (TPSA) is 59.8 Å². The highest BCUT2D eigenvalue weighted by atomic mass is 79.9. The number of carbonyl (C=O) groups is 1. The molecule has 25 heavy (non-hydrogen) atoms. The van der Waals surface area contributed by atoms with E-state index in [1.54, 1.807) is 6.20 Å². The number of halogens is 4. The van der Waals surface area contributed by atoms with Gasteiger partial charge in [0.15, 0.2) is 4.60 Å². The third-order valence-electron chi connectivity index (χ3n) is 3.21. The van der Waals surface area contributed by atoms with Gasteiger partial charge in [-0.2, -0.15) is 18.3 Å². The van der Waals surface area contributed by atoms with Crippen molar-refractivity contribution in [1.29, 1.82) is 0 Å². The summed E-state index contributed by atoms with van der Waals surface area (Å²) in [6, 6.07) is 12.3. The first-order valence-electron chi connectivity index (χ1n) is 7.01. The molecule has 128 valence electrons. The highest BCUT2D eigenvalue weighted by molar-refractivity contribution is 9.10. The Bertz CT molecular complexity index is 909. The lowest BCUT2D eigenvalue weighted by atomic mass is 10.3. The summed E-state index contributed by atoms with van der Waals surface area (Å²) in [6.07, 6.45) is -3.07. The van der Waals surface area contributed by atoms with Gasteiger partial charge in [-0.15, -0.1) is 0 Å². The lowest BCUT2D eigenvalue weighted by Gasteiger charge is -2.07. The number of amides is 1. The van der Waals surface area contributed by atoms with E-state index in [-0.39, 0.29) is 5.69 Å². The number of para-hydroxylation sites is 1. The molecule has 0 unspecified atom stereocenters. The smallest absolute Gasteiger partial charge is 0.317 e. The zero-order chi connectivity index (χ0) is 18.0. The van der Waals surface area contributed by atoms with E-state index >= 15 is 0 Å². The number of aromatic nitrogens is 3. The number of anilines is 1. The molecule has 0 aliphatic rings. The fourth-order valence-corrected chi connectivity index (χ4v) is 2.43. The molecule has 1 N–H and O–H groups in total. The quantitative estimate of drug-likeness (QED) is 0.699. The zero-order valence-corrected chi connectivity index (χ0v) is 14.0. The van der Waals surface area contributed by atoms with Crippen molar-refractivity contribution < 1.29 is 18.0 Å². The highest BCUT2D eigenvalue weighted by Gasteiger charge is 2.33. The predicted molar refractivity (Wildman–Crippen MR) is 88.5 cm³/mol. The average molecular weight is 411 g/mol. The van der Waals surface area contributed by atoms with Gasteiger partial charge >= 0.3 is 6.18 Å². The third kappa shape index (κ3) is 3.87. The Morgan fingerprint density at radius 1 is 1.08 bits per heavy atom. The Hall–Kier alpha value is -2.68. The van der Waals surface area contributed by atoms with Crippen LogP contribution < -0.4 is 5.32 Å². The van der Waals surface area contributed by atoms with Crippen LogP contribution in [-0.2, 0) is 6.18 Å². The van der Waals surface area contributed by atoms with Crippen LogP contribution in [0.15, 0.2) is 59.3 Å². The monoisotopic (exact) mass is 410 g/mol. The van der Waals surface area contributed by atoms with Gasteiger partial charge in [-0.3, -0.25) is 4.79 Å². The summed E-state index contributed by atoms with van der Waals surface area (Å²) in [4.78, 5) is 15.5. The van der Waals surface area contributed by atoms with Crippen molar-refractivity contribution in [3.05, 3.63) is 70.7 Å². The minimum atomic E-state index is -4.62. The van der Waals surface area contributed by atoms with E-state index in [2.05, 4.69) is 31.3 Å². The molecule has 0 aliphatic carbocycles. The maximum Gasteiger partial charge on any atom is 0.433 e. The van der Waals surface area contributed by atoms with Gasteiger partial charge in [-0.25, -0.2) is 9.67 Å². The van der Waals surface area contributed by atoms with Crippen LogP contribution >= 0.6 is 15.9 Å². The van der Waals surface area contributed by atoms with Gasteiger partial charge in [0.25, 0.3) is 5.91 Å². The molecule has 1 amide bonds. The minimum absolute atomic E-state index is 0.313. The van der Waals surface area contributed by atoms with Crippen molar-refractivity contribution in [3.8, 4) is 5.69 Å². The average Bonchev–Trinajstić information content (AvgIpc) is 2.96. The lowest BCUT2D eigenvalue weighted by Crippen LogP contribution is -2.17. The van der Waals surface area contributed by atoms with Gasteiger partial charge in [0.2, 0.25) is 0 Å². The molecule has 3 aromatic rings. The van der Waals surface area contributed by atoms with E-state index < -0.39 is 17.8 Å². The summed E-state index contributed by atoms with van der Waals surface area (Å²) in [5.41, 5.74) is -0.387. The first-order valence-corrected chi connectivity index (χ1v) is 7.80. The molecule has 0 spiro atoms. The van der Waals surface area contributed by atoms with Crippen LogP contribution in [0.5, 0.6) is 0 Å². The normalized spacial score (nSPS) is 11.4. The zero-order valence-electron chi connectivity index (χ0n) is 12.5. The minimum Gasteiger partial charge on any atom is -0.317 e. The van der Waals surface area contributed by atoms with Crippen LogP contribution in [0.3, 0.4) is 0 Å². The fourth-order valence-electron chi connectivity index (χ4n) is 2.06. The Morgan fingerprint density at radius 3 is 2.48 bits per heavy atom. The van der Waals surface area contributed by atoms with Gasteiger partial charge in [-0.1, -0.05) is 24.3 Å². The number of benzene rings is 1. The second-order valence-electron chi connectivity index (χ2n) is 4.97. The van der Waals surface area contributed by atoms with Crippen LogP contribution in [0, 0.1) is 0 Å². The van der Waals surface area contributed by atoms with Crippen molar-refractivity contribution in [3.63, 3.8) is 0 Å². The summed E-state index contributed by atoms with van der Waals surface area (Å²) >= 11 is 3.21. The molecular formula is C16H10BrF3N4O. The van der Waals surface area contributed by atoms with E-state index in [1.165, 1.54) is 10.7 Å². The molecule has 0 saturated carbocycles. The van der Waals surface area contributed by atoms with Crippen LogP contribution in [0.2, 0.25) is 0 Å². The number of nitrogens with zero attached hydrogens (tertiary/aromatic N) is 3. The van der Waals surface area contributed by atoms with Gasteiger partial charge in [0.05, 0.1) is 17.6 Å². The number of hydrogen-bond acceptors (Lipinski definition) is 3. The summed E-state index contributed by atoms with van der Waals surface area (Å²) in [7, 11) is 0. The number of alkyl halides is 3. The third-order valence-corrected chi connectivity index (χ3v) is 3.80. The Morgan fingerprint density at radius 2 is 1.80 bits per heavy atom. The van der Waals surface area contributed by atoms with Gasteiger partial charge in [-0.05, 0) is 40.2 Å². The Labute approximate surface area is 148 Å². The summed E-state index contributed by atoms with van der Waals surface area (Å²) < 4.78 is 40.0. The Balaban J connectivity index is 1.84. The maximum absolute atomic E-state index is 12.7. The first-order chi connectivity index (χ1) is 11.8. The molecule has 0 aliphatic heterocycles. The lowest BCUT2D eigenvalue weighted by molar-refractivity contribution is -0.141. The van der Waals surface area contributed by atoms with E-state index in [0.29, 0.717) is 10.3 Å². The summed E-state index contributed by atoms with van der Waals surface area (Å²) in [6.45, 7) is 0. The maximum atomic E-state index is 12.7. The molecule has 5 nitrogen and oxygen atoms in total. The molecular weight excluding hydrogens is 401 g/mol. The highest BCUT2D eigenvalue weighted by Crippen LogP contribution is 2.28. The molecule has 2 heterocycles. The molecule has 0 saturated heterocycles. The largest absolute Gasteiger partial charge is 0.433 e. The second-order valence-corrected chi connectivity index (χ2v) is 5.72. The van der Waals surface area contributed by atoms with Crippen molar-refractivity contribution >= 4 is 27.5 Å². The summed E-state index contributed by atoms with van der Waals surface area (Å²) in [5.74, 6) is -0.764. The van der Waals surface area contributed by atoms with Crippen molar-refractivity contribution in [2.45, 2.75) is 6.18 Å². The first kappa shape index (κ1) is 17.2. The molecule has 1 aromatic carbocycles. The predicted octanol–water partition coefficient (Wildman–Crippen LogP) is 4.30. The van der Waals surface area contributed by atoms with Crippen LogP contribution in [0.25, 0.3) is 5.69 Å². The number of pyridine rings is 1. The van der Waals surface area contributed by atoms with E-state index in [0.717, 1.165) is 17.8 Å². The van der Waals surface area contributed by atoms with E-state index in [1.807, 2.05) is 30.3 Å². The molecule has 0 bridgehead atoms. The number of rotatable bonds is 3. The van der Waals surface area contributed by atoms with Gasteiger partial charge in [0, 0.05) is 0 Å². The summed E-state index contributed by atoms with van der Waals surface area (Å²) in [5, 5.41) is 6.70. The molecule has 9 heteroatoms. The molecule has 0 radical (unpaired) electrons. The molecule has 0 atom stereocenters. The standard InChI is InChI=1S/C16H10BrF3N4O/c17-14-12(9-24(23-14)10-5-2-1-3-6-10)22-15(25)11-7-4-8-13(21-11)16(18,19)20/h1-9H,(H,22,25). The number of carbonyl (C=O) groups excluding carboxylic acids is 1. The van der Waals surface area contributed by atoms with Gasteiger partial charge < -0.3 is 5.32 Å². The van der Waals surface area contributed by atoms with Crippen molar-refractivity contribution in [1.82, 2.24) is 14.8 Å². The Kier molecular flexibility index (Phi) is 4.58. The molecule has 3 rings (SSSR count). The van der Waals surface area contributed by atoms with Crippen LogP contribution in [-0.4, -0.2) is 20.7 Å². The SMILES string of the molecule is O=C(Nc1cn(-c2ccccc2)nc1Br)c1cccc(C(F)(F)F)n1. The van der Waals surface area contributed by atoms with Crippen molar-refractivity contribution in [2.24, 2.45) is 0 Å². The number of hydrogen-bond donors (Lipinski definition) is 1. The van der Waals surface area contributed by atoms with Gasteiger partial charge in [0.1, 0.15) is 11.4 Å². The van der Waals surface area contributed by atoms with Crippen molar-refractivity contribution in [2.75, 3.05) is 5.32 Å². The molecule has 2 aromatic heterocycles. The number of nitrogens with one attached hydrogen (secondary N) is 1. The van der Waals surface area contributed by atoms with Crippen LogP contribution in [0.4, 0.5) is 18.9 Å². The molecule has 0 fully saturated rings. The van der Waals surface area contributed by atoms with E-state index in [9.17, 15) is 18.0 Å². The van der Waals surface area contributed by atoms with E-state index in [4.69, 9.17) is 0 Å².